The molecule has 1 amide bonds. The molecule has 0 aliphatic rings. The number of carbonyl (C=O) groups is 1. The van der Waals surface area contributed by atoms with Crippen molar-refractivity contribution < 1.29 is 13.9 Å². The van der Waals surface area contributed by atoms with Gasteiger partial charge in [0.05, 0.1) is 11.6 Å². The molecular formula is C20H13FN2O2. The highest BCUT2D eigenvalue weighted by molar-refractivity contribution is 6.04. The van der Waals surface area contributed by atoms with E-state index in [9.17, 15) is 9.18 Å². The number of amides is 1. The first-order valence-electron chi connectivity index (χ1n) is 7.49. The van der Waals surface area contributed by atoms with E-state index in [2.05, 4.69) is 5.32 Å². The Kier molecular flexibility index (Phi) is 4.72. The summed E-state index contributed by atoms with van der Waals surface area (Å²) in [5.41, 5.74) is 1.60. The highest BCUT2D eigenvalue weighted by Crippen LogP contribution is 2.22. The molecule has 5 heteroatoms. The van der Waals surface area contributed by atoms with Crippen LogP contribution in [0, 0.1) is 17.1 Å². The second kappa shape index (κ2) is 7.28. The van der Waals surface area contributed by atoms with Crippen LogP contribution in [0.3, 0.4) is 0 Å². The van der Waals surface area contributed by atoms with Crippen molar-refractivity contribution in [3.8, 4) is 17.6 Å². The number of halogens is 1. The van der Waals surface area contributed by atoms with Gasteiger partial charge in [0.15, 0.2) is 0 Å². The number of hydrogen-bond donors (Lipinski definition) is 1. The van der Waals surface area contributed by atoms with Crippen LogP contribution in [0.5, 0.6) is 11.5 Å². The number of hydrogen-bond acceptors (Lipinski definition) is 3. The SMILES string of the molecule is N#Cc1ccc(NC(=O)c2ccc(Oc3ccc(F)cc3)cc2)cc1. The molecule has 0 unspecified atom stereocenters. The second-order valence-corrected chi connectivity index (χ2v) is 5.22. The van der Waals surface area contributed by atoms with E-state index in [0.717, 1.165) is 0 Å². The molecule has 0 aliphatic heterocycles. The zero-order valence-electron chi connectivity index (χ0n) is 13.1. The second-order valence-electron chi connectivity index (χ2n) is 5.22. The zero-order chi connectivity index (χ0) is 17.6. The van der Waals surface area contributed by atoms with Crippen LogP contribution in [0.15, 0.2) is 72.8 Å². The molecule has 0 aliphatic carbocycles. The van der Waals surface area contributed by atoms with E-state index in [-0.39, 0.29) is 11.7 Å². The summed E-state index contributed by atoms with van der Waals surface area (Å²) in [6.07, 6.45) is 0. The van der Waals surface area contributed by atoms with Gasteiger partial charge in [0.1, 0.15) is 17.3 Å². The summed E-state index contributed by atoms with van der Waals surface area (Å²) in [4.78, 5) is 12.2. The normalized spacial score (nSPS) is 9.92. The predicted octanol–water partition coefficient (Wildman–Crippen LogP) is 4.74. The molecule has 0 spiro atoms. The fourth-order valence-corrected chi connectivity index (χ4v) is 2.14. The first kappa shape index (κ1) is 16.2. The minimum Gasteiger partial charge on any atom is -0.457 e. The summed E-state index contributed by atoms with van der Waals surface area (Å²) >= 11 is 0. The molecule has 0 heterocycles. The topological polar surface area (TPSA) is 62.1 Å². The van der Waals surface area contributed by atoms with Crippen LogP contribution in [0.2, 0.25) is 0 Å². The van der Waals surface area contributed by atoms with Crippen LogP contribution < -0.4 is 10.1 Å². The maximum atomic E-state index is 12.9. The Morgan fingerprint density at radius 2 is 1.44 bits per heavy atom. The third-order valence-corrected chi connectivity index (χ3v) is 3.44. The van der Waals surface area contributed by atoms with Crippen LogP contribution in [0.25, 0.3) is 0 Å². The van der Waals surface area contributed by atoms with E-state index in [0.29, 0.717) is 28.3 Å². The molecule has 0 saturated heterocycles. The third-order valence-electron chi connectivity index (χ3n) is 3.44. The van der Waals surface area contributed by atoms with Crippen molar-refractivity contribution in [2.75, 3.05) is 5.32 Å². The van der Waals surface area contributed by atoms with Gasteiger partial charge < -0.3 is 10.1 Å². The molecule has 3 aromatic carbocycles. The van der Waals surface area contributed by atoms with Crippen molar-refractivity contribution in [2.24, 2.45) is 0 Å². The molecule has 4 nitrogen and oxygen atoms in total. The molecule has 0 fully saturated rings. The first-order valence-corrected chi connectivity index (χ1v) is 7.49. The number of ether oxygens (including phenoxy) is 1. The maximum Gasteiger partial charge on any atom is 0.255 e. The molecule has 25 heavy (non-hydrogen) atoms. The minimum absolute atomic E-state index is 0.266. The number of rotatable bonds is 4. The molecule has 0 bridgehead atoms. The van der Waals surface area contributed by atoms with Crippen molar-refractivity contribution in [1.82, 2.24) is 0 Å². The third kappa shape index (κ3) is 4.21. The Labute approximate surface area is 144 Å². The molecule has 0 aromatic heterocycles. The van der Waals surface area contributed by atoms with Gasteiger partial charge in [-0.2, -0.15) is 5.26 Å². The molecule has 0 radical (unpaired) electrons. The van der Waals surface area contributed by atoms with Gasteiger partial charge >= 0.3 is 0 Å². The van der Waals surface area contributed by atoms with Crippen molar-refractivity contribution in [3.05, 3.63) is 89.7 Å². The Balaban J connectivity index is 1.65. The van der Waals surface area contributed by atoms with Crippen LogP contribution in [-0.4, -0.2) is 5.91 Å². The van der Waals surface area contributed by atoms with Gasteiger partial charge in [-0.1, -0.05) is 0 Å². The van der Waals surface area contributed by atoms with E-state index < -0.39 is 0 Å². The van der Waals surface area contributed by atoms with E-state index in [1.54, 1.807) is 48.5 Å². The van der Waals surface area contributed by atoms with E-state index in [1.807, 2.05) is 6.07 Å². The monoisotopic (exact) mass is 332 g/mol. The largest absolute Gasteiger partial charge is 0.457 e. The number of nitrogens with zero attached hydrogens (tertiary/aromatic N) is 1. The fraction of sp³-hybridized carbons (Fsp3) is 0. The number of nitriles is 1. The average molecular weight is 332 g/mol. The lowest BCUT2D eigenvalue weighted by molar-refractivity contribution is 0.102. The summed E-state index contributed by atoms with van der Waals surface area (Å²) < 4.78 is 18.5. The highest BCUT2D eigenvalue weighted by atomic mass is 19.1. The van der Waals surface area contributed by atoms with Crippen LogP contribution in [0.1, 0.15) is 15.9 Å². The Morgan fingerprint density at radius 3 is 2.00 bits per heavy atom. The average Bonchev–Trinajstić information content (AvgIpc) is 2.65. The van der Waals surface area contributed by atoms with Crippen molar-refractivity contribution in [2.45, 2.75) is 0 Å². The van der Waals surface area contributed by atoms with Gasteiger partial charge in [-0.25, -0.2) is 4.39 Å². The van der Waals surface area contributed by atoms with Crippen molar-refractivity contribution in [3.63, 3.8) is 0 Å². The number of nitrogens with one attached hydrogen (secondary N) is 1. The molecule has 3 rings (SSSR count). The predicted molar refractivity (Wildman–Crippen MR) is 92.0 cm³/mol. The standard InChI is InChI=1S/C20H13FN2O2/c21-16-5-11-19(12-6-16)25-18-9-3-15(4-10-18)20(24)23-17-7-1-14(13-22)2-8-17/h1-12H,(H,23,24). The van der Waals surface area contributed by atoms with Gasteiger partial charge in [0.25, 0.3) is 5.91 Å². The van der Waals surface area contributed by atoms with Gasteiger partial charge in [-0.05, 0) is 72.8 Å². The first-order chi connectivity index (χ1) is 12.1. The number of benzene rings is 3. The molecule has 0 saturated carbocycles. The van der Waals surface area contributed by atoms with Crippen LogP contribution >= 0.6 is 0 Å². The summed E-state index contributed by atoms with van der Waals surface area (Å²) in [5, 5.41) is 11.5. The number of anilines is 1. The van der Waals surface area contributed by atoms with Gasteiger partial charge in [-0.3, -0.25) is 4.79 Å². The van der Waals surface area contributed by atoms with Gasteiger partial charge in [0.2, 0.25) is 0 Å². The summed E-state index contributed by atoms with van der Waals surface area (Å²) in [6.45, 7) is 0. The zero-order valence-corrected chi connectivity index (χ0v) is 13.1. The summed E-state index contributed by atoms with van der Waals surface area (Å²) in [5.74, 6) is 0.456. The van der Waals surface area contributed by atoms with E-state index >= 15 is 0 Å². The van der Waals surface area contributed by atoms with E-state index in [1.165, 1.54) is 24.3 Å². The minimum atomic E-state index is -0.331. The smallest absolute Gasteiger partial charge is 0.255 e. The molecular weight excluding hydrogens is 319 g/mol. The van der Waals surface area contributed by atoms with E-state index in [4.69, 9.17) is 10.00 Å². The quantitative estimate of drug-likeness (QED) is 0.750. The molecule has 0 atom stereocenters. The maximum absolute atomic E-state index is 12.9. The molecule has 122 valence electrons. The summed E-state index contributed by atoms with van der Waals surface area (Å²) in [6, 6.07) is 20.9. The number of carbonyl (C=O) groups excluding carboxylic acids is 1. The molecule has 1 N–H and O–H groups in total. The van der Waals surface area contributed by atoms with Crippen molar-refractivity contribution in [1.29, 1.82) is 5.26 Å². The Hall–Kier alpha value is -3.65. The lowest BCUT2D eigenvalue weighted by Crippen LogP contribution is -2.11. The lowest BCUT2D eigenvalue weighted by atomic mass is 10.2. The lowest BCUT2D eigenvalue weighted by Gasteiger charge is -2.08. The summed E-state index contributed by atoms with van der Waals surface area (Å²) in [7, 11) is 0. The van der Waals surface area contributed by atoms with Gasteiger partial charge in [-0.15, -0.1) is 0 Å². The van der Waals surface area contributed by atoms with Crippen molar-refractivity contribution >= 4 is 11.6 Å². The van der Waals surface area contributed by atoms with Crippen LogP contribution in [0.4, 0.5) is 10.1 Å². The van der Waals surface area contributed by atoms with Crippen LogP contribution in [-0.2, 0) is 0 Å². The van der Waals surface area contributed by atoms with Gasteiger partial charge in [0, 0.05) is 11.3 Å². The highest BCUT2D eigenvalue weighted by Gasteiger charge is 2.07. The molecule has 3 aromatic rings. The Bertz CT molecular complexity index is 912. The fourth-order valence-electron chi connectivity index (χ4n) is 2.14. The Morgan fingerprint density at radius 1 is 0.880 bits per heavy atom.